The van der Waals surface area contributed by atoms with E-state index in [0.717, 1.165) is 38.9 Å². The van der Waals surface area contributed by atoms with Crippen LogP contribution in [0.4, 0.5) is 0 Å². The lowest BCUT2D eigenvalue weighted by Gasteiger charge is -2.50. The second kappa shape index (κ2) is 10.3. The van der Waals surface area contributed by atoms with Gasteiger partial charge in [0.05, 0.1) is 25.2 Å². The number of fused-ring (bicyclic) bond motifs is 6. The van der Waals surface area contributed by atoms with Gasteiger partial charge >= 0.3 is 5.97 Å². The molecule has 1 saturated heterocycles. The van der Waals surface area contributed by atoms with Gasteiger partial charge in [-0.2, -0.15) is 0 Å². The maximum Gasteiger partial charge on any atom is 0.311 e. The van der Waals surface area contributed by atoms with Crippen LogP contribution in [-0.2, 0) is 16.0 Å². The number of ether oxygens (including phenoxy) is 1. The molecule has 3 N–H and O–H groups in total. The van der Waals surface area contributed by atoms with Gasteiger partial charge < -0.3 is 20.3 Å². The third-order valence-corrected chi connectivity index (χ3v) is 8.04. The zero-order valence-electron chi connectivity index (χ0n) is 20.4. The molecule has 2 aromatic heterocycles. The van der Waals surface area contributed by atoms with Crippen LogP contribution in [0.5, 0.6) is 0 Å². The normalized spacial score (nSPS) is 27.5. The van der Waals surface area contributed by atoms with Gasteiger partial charge in [0, 0.05) is 48.6 Å². The Labute approximate surface area is 206 Å². The van der Waals surface area contributed by atoms with Crippen LogP contribution in [0.25, 0.3) is 10.9 Å². The molecule has 2 fully saturated rings. The zero-order valence-corrected chi connectivity index (χ0v) is 20.4. The first-order chi connectivity index (χ1) is 17.1. The van der Waals surface area contributed by atoms with Crippen molar-refractivity contribution in [1.29, 1.82) is 0 Å². The van der Waals surface area contributed by atoms with E-state index in [4.69, 9.17) is 4.74 Å². The van der Waals surface area contributed by atoms with Crippen molar-refractivity contribution in [2.45, 2.75) is 37.8 Å². The summed E-state index contributed by atoms with van der Waals surface area (Å²) in [5.74, 6) is 0.0541. The second-order valence-electron chi connectivity index (χ2n) is 9.92. The third-order valence-electron chi connectivity index (χ3n) is 8.04. The molecule has 1 aromatic carbocycles. The van der Waals surface area contributed by atoms with Gasteiger partial charge in [-0.15, -0.1) is 6.58 Å². The van der Waals surface area contributed by atoms with Crippen molar-refractivity contribution in [2.24, 2.45) is 17.8 Å². The van der Waals surface area contributed by atoms with E-state index < -0.39 is 6.10 Å². The fraction of sp³-hybridized carbons (Fsp3) is 0.464. The number of piperidine rings is 1. The Morgan fingerprint density at radius 2 is 2.06 bits per heavy atom. The van der Waals surface area contributed by atoms with Crippen LogP contribution in [0, 0.1) is 17.8 Å². The van der Waals surface area contributed by atoms with Crippen LogP contribution < -0.4 is 5.43 Å². The Morgan fingerprint density at radius 3 is 2.83 bits per heavy atom. The molecule has 1 saturated carbocycles. The SMILES string of the molecule is C=CCNn1cccc1.COC(=O)[C@@H]1[C@H]2C[C@H]3c4[nH]c5ccccc5c4CCN3C[C@@H]2CC[C@@H]1O. The molecule has 3 aliphatic rings. The summed E-state index contributed by atoms with van der Waals surface area (Å²) in [6, 6.07) is 12.8. The molecule has 7 heteroatoms. The Bertz CT molecular complexity index is 1150. The number of H-pyrrole nitrogens is 1. The number of hydrogen-bond donors (Lipinski definition) is 3. The smallest absolute Gasteiger partial charge is 0.311 e. The molecular weight excluding hydrogens is 440 g/mol. The van der Waals surface area contributed by atoms with Crippen molar-refractivity contribution in [1.82, 2.24) is 14.6 Å². The fourth-order valence-corrected chi connectivity index (χ4v) is 6.41. The van der Waals surface area contributed by atoms with E-state index >= 15 is 0 Å². The number of benzene rings is 1. The number of aromatic nitrogens is 2. The van der Waals surface area contributed by atoms with Gasteiger partial charge in [0.25, 0.3) is 0 Å². The van der Waals surface area contributed by atoms with Gasteiger partial charge in [0.2, 0.25) is 0 Å². The zero-order chi connectivity index (χ0) is 24.4. The molecule has 7 nitrogen and oxygen atoms in total. The molecule has 0 radical (unpaired) electrons. The summed E-state index contributed by atoms with van der Waals surface area (Å²) in [5, 5.41) is 11.8. The average Bonchev–Trinajstić information content (AvgIpc) is 3.54. The van der Waals surface area contributed by atoms with E-state index in [2.05, 4.69) is 46.2 Å². The molecule has 2 aliphatic heterocycles. The molecular formula is C28H36N4O3. The lowest BCUT2D eigenvalue weighted by Crippen LogP contribution is -2.53. The van der Waals surface area contributed by atoms with E-state index in [0.29, 0.717) is 18.4 Å². The monoisotopic (exact) mass is 476 g/mol. The van der Waals surface area contributed by atoms with Crippen LogP contribution >= 0.6 is 0 Å². The number of nitrogens with zero attached hydrogens (tertiary/aromatic N) is 2. The minimum absolute atomic E-state index is 0.199. The lowest BCUT2D eigenvalue weighted by atomic mass is 9.65. The van der Waals surface area contributed by atoms with Gasteiger partial charge in [-0.05, 0) is 61.3 Å². The minimum atomic E-state index is -0.568. The molecule has 4 heterocycles. The molecule has 3 aromatic rings. The van der Waals surface area contributed by atoms with Crippen molar-refractivity contribution in [3.05, 3.63) is 72.7 Å². The van der Waals surface area contributed by atoms with Crippen LogP contribution in [0.2, 0.25) is 0 Å². The Balaban J connectivity index is 0.000000239. The summed E-state index contributed by atoms with van der Waals surface area (Å²) in [6.07, 6.45) is 8.85. The number of aromatic amines is 1. The molecule has 186 valence electrons. The highest BCUT2D eigenvalue weighted by Gasteiger charge is 2.49. The Morgan fingerprint density at radius 1 is 1.26 bits per heavy atom. The quantitative estimate of drug-likeness (QED) is 0.393. The maximum absolute atomic E-state index is 12.4. The molecule has 0 amide bonds. The number of aliphatic hydroxyl groups is 1. The number of esters is 1. The standard InChI is InChI=1S/C21H26N2O3.C7H10N2/c1-26-21(25)19-15-10-17-20-14(13-4-2-3-5-16(13)22-20)8-9-23(17)11-12(15)6-7-18(19)24;1-2-5-8-9-6-3-4-7-9/h2-5,12,15,17-19,22,24H,6-11H2,1H3;2-4,6-8H,1,5H2/t12-,15-,17-,18-,19+;/m0./s1. The second-order valence-corrected chi connectivity index (χ2v) is 9.92. The fourth-order valence-electron chi connectivity index (χ4n) is 6.41. The summed E-state index contributed by atoms with van der Waals surface area (Å²) >= 11 is 0. The number of carbonyl (C=O) groups is 1. The summed E-state index contributed by atoms with van der Waals surface area (Å²) in [5.41, 5.74) is 7.03. The highest BCUT2D eigenvalue weighted by molar-refractivity contribution is 5.85. The number of methoxy groups -OCH3 is 1. The Kier molecular flexibility index (Phi) is 6.97. The van der Waals surface area contributed by atoms with E-state index in [-0.39, 0.29) is 17.8 Å². The minimum Gasteiger partial charge on any atom is -0.469 e. The van der Waals surface area contributed by atoms with Crippen molar-refractivity contribution < 1.29 is 14.6 Å². The summed E-state index contributed by atoms with van der Waals surface area (Å²) in [7, 11) is 1.43. The average molecular weight is 477 g/mol. The van der Waals surface area contributed by atoms with Gasteiger partial charge in [-0.1, -0.05) is 24.3 Å². The van der Waals surface area contributed by atoms with Gasteiger partial charge in [-0.25, -0.2) is 0 Å². The largest absolute Gasteiger partial charge is 0.469 e. The molecule has 0 bridgehead atoms. The molecule has 1 aliphatic carbocycles. The van der Waals surface area contributed by atoms with Crippen molar-refractivity contribution in [2.75, 3.05) is 32.2 Å². The van der Waals surface area contributed by atoms with Crippen LogP contribution in [0.3, 0.4) is 0 Å². The molecule has 6 rings (SSSR count). The number of hydrogen-bond acceptors (Lipinski definition) is 5. The van der Waals surface area contributed by atoms with Crippen LogP contribution in [-0.4, -0.2) is 58.5 Å². The van der Waals surface area contributed by atoms with Gasteiger partial charge in [0.1, 0.15) is 0 Å². The van der Waals surface area contributed by atoms with Crippen LogP contribution in [0.1, 0.15) is 36.6 Å². The third kappa shape index (κ3) is 4.62. The first-order valence-corrected chi connectivity index (χ1v) is 12.7. The maximum atomic E-state index is 12.4. The molecule has 35 heavy (non-hydrogen) atoms. The number of carbonyl (C=O) groups excluding carboxylic acids is 1. The van der Waals surface area contributed by atoms with Gasteiger partial charge in [0.15, 0.2) is 0 Å². The highest BCUT2D eigenvalue weighted by Crippen LogP contribution is 2.49. The first-order valence-electron chi connectivity index (χ1n) is 12.7. The van der Waals surface area contributed by atoms with Crippen molar-refractivity contribution >= 4 is 16.9 Å². The van der Waals surface area contributed by atoms with E-state index in [9.17, 15) is 9.90 Å². The number of rotatable bonds is 4. The van der Waals surface area contributed by atoms with E-state index in [1.54, 1.807) is 0 Å². The predicted molar refractivity (Wildman–Crippen MR) is 138 cm³/mol. The van der Waals surface area contributed by atoms with Gasteiger partial charge in [-0.3, -0.25) is 14.4 Å². The first kappa shape index (κ1) is 23.7. The summed E-state index contributed by atoms with van der Waals surface area (Å²) < 4.78 is 6.93. The molecule has 0 spiro atoms. The van der Waals surface area contributed by atoms with Crippen LogP contribution in [0.15, 0.2) is 61.4 Å². The van der Waals surface area contributed by atoms with E-state index in [1.807, 2.05) is 35.3 Å². The highest BCUT2D eigenvalue weighted by atomic mass is 16.5. The number of nitrogens with one attached hydrogen (secondary N) is 2. The number of aliphatic hydroxyl groups excluding tert-OH is 1. The summed E-state index contributed by atoms with van der Waals surface area (Å²) in [6.45, 7) is 6.48. The van der Waals surface area contributed by atoms with Crippen molar-refractivity contribution in [3.8, 4) is 0 Å². The van der Waals surface area contributed by atoms with Crippen molar-refractivity contribution in [3.63, 3.8) is 0 Å². The summed E-state index contributed by atoms with van der Waals surface area (Å²) in [4.78, 5) is 18.6. The molecule has 0 unspecified atom stereocenters. The lowest BCUT2D eigenvalue weighted by molar-refractivity contribution is -0.160. The Hall–Kier alpha value is -3.03. The van der Waals surface area contributed by atoms with E-state index in [1.165, 1.54) is 29.3 Å². The topological polar surface area (TPSA) is 82.5 Å². The number of para-hydroxylation sites is 1. The molecule has 5 atom stereocenters. The predicted octanol–water partition coefficient (Wildman–Crippen LogP) is 3.86.